The van der Waals surface area contributed by atoms with Crippen LogP contribution in [0.5, 0.6) is 0 Å². The lowest BCUT2D eigenvalue weighted by molar-refractivity contribution is 0.0964. The molecule has 94 valence electrons. The van der Waals surface area contributed by atoms with E-state index in [0.717, 1.165) is 18.4 Å². The van der Waals surface area contributed by atoms with Crippen molar-refractivity contribution in [2.75, 3.05) is 0 Å². The number of aromatic amines is 1. The van der Waals surface area contributed by atoms with Crippen molar-refractivity contribution in [3.63, 3.8) is 0 Å². The second kappa shape index (κ2) is 4.56. The summed E-state index contributed by atoms with van der Waals surface area (Å²) >= 11 is 0. The van der Waals surface area contributed by atoms with Crippen LogP contribution in [-0.2, 0) is 0 Å². The summed E-state index contributed by atoms with van der Waals surface area (Å²) in [6.07, 6.45) is 7.09. The number of fused-ring (bicyclic) bond motifs is 1. The molecule has 1 aliphatic rings. The first-order valence-corrected chi connectivity index (χ1v) is 6.54. The van der Waals surface area contributed by atoms with Crippen LogP contribution < -0.4 is 0 Å². The zero-order chi connectivity index (χ0) is 12.5. The maximum atomic E-state index is 13.2. The van der Waals surface area contributed by atoms with Gasteiger partial charge in [-0.2, -0.15) is 0 Å². The Labute approximate surface area is 105 Å². The van der Waals surface area contributed by atoms with Gasteiger partial charge in [-0.15, -0.1) is 0 Å². The van der Waals surface area contributed by atoms with E-state index < -0.39 is 0 Å². The molecule has 1 fully saturated rings. The van der Waals surface area contributed by atoms with Crippen molar-refractivity contribution in [3.8, 4) is 0 Å². The predicted octanol–water partition coefficient (Wildman–Crippen LogP) is 4.07. The van der Waals surface area contributed by atoms with Crippen molar-refractivity contribution in [2.45, 2.75) is 32.1 Å². The molecule has 0 unspecified atom stereocenters. The van der Waals surface area contributed by atoms with Crippen LogP contribution in [0.15, 0.2) is 24.4 Å². The highest BCUT2D eigenvalue weighted by molar-refractivity contribution is 6.07. The average molecular weight is 245 g/mol. The van der Waals surface area contributed by atoms with Crippen molar-refractivity contribution in [3.05, 3.63) is 35.8 Å². The third-order valence-corrected chi connectivity index (χ3v) is 3.89. The second-order valence-electron chi connectivity index (χ2n) is 5.17. The molecule has 1 aromatic carbocycles. The number of benzene rings is 1. The van der Waals surface area contributed by atoms with Gasteiger partial charge in [-0.25, -0.2) is 4.39 Å². The lowest BCUT2D eigenvalue weighted by Crippen LogP contribution is -2.05. The number of hydrogen-bond donors (Lipinski definition) is 1. The summed E-state index contributed by atoms with van der Waals surface area (Å²) in [6.45, 7) is 0. The first-order chi connectivity index (χ1) is 8.74. The fourth-order valence-electron chi connectivity index (χ4n) is 2.91. The van der Waals surface area contributed by atoms with Gasteiger partial charge in [0, 0.05) is 29.1 Å². The van der Waals surface area contributed by atoms with Crippen LogP contribution in [0.1, 0.15) is 42.5 Å². The van der Waals surface area contributed by atoms with E-state index in [4.69, 9.17) is 0 Å². The van der Waals surface area contributed by atoms with Gasteiger partial charge in [0.25, 0.3) is 0 Å². The third-order valence-electron chi connectivity index (χ3n) is 3.89. The van der Waals surface area contributed by atoms with E-state index in [1.165, 1.54) is 25.0 Å². The molecule has 2 aromatic rings. The summed E-state index contributed by atoms with van der Waals surface area (Å²) in [5.41, 5.74) is 1.46. The topological polar surface area (TPSA) is 32.9 Å². The van der Waals surface area contributed by atoms with Crippen LogP contribution in [0.25, 0.3) is 10.9 Å². The minimum Gasteiger partial charge on any atom is -0.360 e. The number of carbonyl (C=O) groups is 1. The van der Waals surface area contributed by atoms with E-state index in [0.29, 0.717) is 23.3 Å². The van der Waals surface area contributed by atoms with Crippen molar-refractivity contribution >= 4 is 16.7 Å². The number of ketones is 1. The molecule has 18 heavy (non-hydrogen) atoms. The Morgan fingerprint density at radius 2 is 2.11 bits per heavy atom. The molecule has 1 aliphatic carbocycles. The number of aromatic nitrogens is 1. The lowest BCUT2D eigenvalue weighted by atomic mass is 9.97. The van der Waals surface area contributed by atoms with Crippen LogP contribution in [-0.4, -0.2) is 10.8 Å². The molecule has 1 aromatic heterocycles. The summed E-state index contributed by atoms with van der Waals surface area (Å²) in [5, 5.41) is 0.706. The number of rotatable bonds is 3. The van der Waals surface area contributed by atoms with Gasteiger partial charge >= 0.3 is 0 Å². The Kier molecular flexibility index (Phi) is 2.90. The molecule has 0 bridgehead atoms. The van der Waals surface area contributed by atoms with Gasteiger partial charge in [0.05, 0.1) is 0 Å². The van der Waals surface area contributed by atoms with Gasteiger partial charge in [-0.1, -0.05) is 25.7 Å². The summed E-state index contributed by atoms with van der Waals surface area (Å²) < 4.78 is 13.2. The van der Waals surface area contributed by atoms with Gasteiger partial charge in [0.1, 0.15) is 5.82 Å². The molecule has 0 saturated heterocycles. The summed E-state index contributed by atoms with van der Waals surface area (Å²) in [7, 11) is 0. The van der Waals surface area contributed by atoms with Crippen LogP contribution in [0.3, 0.4) is 0 Å². The van der Waals surface area contributed by atoms with Gasteiger partial charge < -0.3 is 4.98 Å². The van der Waals surface area contributed by atoms with Gasteiger partial charge in [-0.05, 0) is 24.1 Å². The van der Waals surface area contributed by atoms with E-state index in [2.05, 4.69) is 4.98 Å². The summed E-state index contributed by atoms with van der Waals surface area (Å²) in [6, 6.07) is 4.52. The normalized spacial score (nSPS) is 16.5. The molecule has 3 rings (SSSR count). The average Bonchev–Trinajstić information content (AvgIpc) is 2.97. The van der Waals surface area contributed by atoms with Crippen molar-refractivity contribution in [1.29, 1.82) is 0 Å². The number of Topliss-reactive ketones (excluding diaryl/α,β-unsaturated/α-hetero) is 1. The fourth-order valence-corrected chi connectivity index (χ4v) is 2.91. The molecule has 0 radical (unpaired) electrons. The Hall–Kier alpha value is -1.64. The number of halogens is 1. The largest absolute Gasteiger partial charge is 0.360 e. The van der Waals surface area contributed by atoms with E-state index in [9.17, 15) is 9.18 Å². The summed E-state index contributed by atoms with van der Waals surface area (Å²) in [5.74, 6) is 0.367. The molecule has 1 saturated carbocycles. The van der Waals surface area contributed by atoms with Crippen molar-refractivity contribution < 1.29 is 9.18 Å². The highest BCUT2D eigenvalue weighted by Gasteiger charge is 2.21. The van der Waals surface area contributed by atoms with Crippen LogP contribution >= 0.6 is 0 Å². The maximum Gasteiger partial charge on any atom is 0.165 e. The number of hydrogen-bond acceptors (Lipinski definition) is 1. The molecule has 0 atom stereocenters. The Balaban J connectivity index is 1.88. The quantitative estimate of drug-likeness (QED) is 0.812. The summed E-state index contributed by atoms with van der Waals surface area (Å²) in [4.78, 5) is 15.3. The SMILES string of the molecule is O=C(CC1CCCC1)c1c[nH]c2ccc(F)cc12. The predicted molar refractivity (Wildman–Crippen MR) is 69.2 cm³/mol. The number of carbonyl (C=O) groups excluding carboxylic acids is 1. The first-order valence-electron chi connectivity index (χ1n) is 6.54. The fraction of sp³-hybridized carbons (Fsp3) is 0.400. The molecular weight excluding hydrogens is 229 g/mol. The molecule has 2 nitrogen and oxygen atoms in total. The van der Waals surface area contributed by atoms with Gasteiger partial charge in [-0.3, -0.25) is 4.79 Å². The minimum atomic E-state index is -0.294. The molecule has 0 aliphatic heterocycles. The molecule has 1 N–H and O–H groups in total. The van der Waals surface area contributed by atoms with Crippen LogP contribution in [0.4, 0.5) is 4.39 Å². The molecule has 3 heteroatoms. The lowest BCUT2D eigenvalue weighted by Gasteiger charge is -2.06. The molecule has 0 spiro atoms. The van der Waals surface area contributed by atoms with Gasteiger partial charge in [0.2, 0.25) is 0 Å². The Morgan fingerprint density at radius 1 is 1.33 bits per heavy atom. The molecular formula is C15H16FNO. The Bertz CT molecular complexity index is 581. The Morgan fingerprint density at radius 3 is 2.89 bits per heavy atom. The maximum absolute atomic E-state index is 13.2. The van der Waals surface area contributed by atoms with E-state index >= 15 is 0 Å². The highest BCUT2D eigenvalue weighted by Crippen LogP contribution is 2.30. The number of H-pyrrole nitrogens is 1. The van der Waals surface area contributed by atoms with Crippen molar-refractivity contribution in [1.82, 2.24) is 4.98 Å². The van der Waals surface area contributed by atoms with E-state index in [-0.39, 0.29) is 11.6 Å². The van der Waals surface area contributed by atoms with Crippen LogP contribution in [0.2, 0.25) is 0 Å². The molecule has 1 heterocycles. The monoisotopic (exact) mass is 245 g/mol. The second-order valence-corrected chi connectivity index (χ2v) is 5.17. The van der Waals surface area contributed by atoms with E-state index in [1.807, 2.05) is 0 Å². The number of nitrogens with one attached hydrogen (secondary N) is 1. The van der Waals surface area contributed by atoms with Crippen LogP contribution in [0, 0.1) is 11.7 Å². The first kappa shape index (κ1) is 11.5. The smallest absolute Gasteiger partial charge is 0.165 e. The highest BCUT2D eigenvalue weighted by atomic mass is 19.1. The zero-order valence-electron chi connectivity index (χ0n) is 10.2. The molecule has 0 amide bonds. The van der Waals surface area contributed by atoms with Crippen molar-refractivity contribution in [2.24, 2.45) is 5.92 Å². The van der Waals surface area contributed by atoms with E-state index in [1.54, 1.807) is 12.3 Å². The minimum absolute atomic E-state index is 0.138. The third kappa shape index (κ3) is 2.05. The van der Waals surface area contributed by atoms with Gasteiger partial charge in [0.15, 0.2) is 5.78 Å². The standard InChI is InChI=1S/C15H16FNO/c16-11-5-6-14-12(8-11)13(9-17-14)15(18)7-10-3-1-2-4-10/h5-6,8-10,17H,1-4,7H2. The zero-order valence-corrected chi connectivity index (χ0v) is 10.2.